The first-order chi connectivity index (χ1) is 6.65. The Hall–Kier alpha value is -1.21. The molecule has 1 rings (SSSR count). The van der Waals surface area contributed by atoms with Crippen molar-refractivity contribution < 1.29 is 9.13 Å². The molecule has 0 bridgehead atoms. The highest BCUT2D eigenvalue weighted by Crippen LogP contribution is 2.28. The summed E-state index contributed by atoms with van der Waals surface area (Å²) >= 11 is 3.02. The lowest BCUT2D eigenvalue weighted by Gasteiger charge is -2.08. The Kier molecular flexibility index (Phi) is 3.78. The molecule has 2 nitrogen and oxygen atoms in total. The predicted octanol–water partition coefficient (Wildman–Crippen LogP) is 2.57. The van der Waals surface area contributed by atoms with Crippen LogP contribution in [-0.4, -0.2) is 6.61 Å². The van der Waals surface area contributed by atoms with Crippen molar-refractivity contribution in [3.63, 3.8) is 0 Å². The van der Waals surface area contributed by atoms with Crippen LogP contribution in [0.1, 0.15) is 6.42 Å². The molecule has 2 N–H and O–H groups in total. The number of halogens is 2. The third-order valence-electron chi connectivity index (χ3n) is 1.56. The van der Waals surface area contributed by atoms with Crippen molar-refractivity contribution in [2.45, 2.75) is 6.42 Å². The van der Waals surface area contributed by atoms with Gasteiger partial charge in [-0.3, -0.25) is 0 Å². The van der Waals surface area contributed by atoms with Gasteiger partial charge in [-0.15, -0.1) is 12.3 Å². The molecular weight excluding hydrogens is 249 g/mol. The second kappa shape index (κ2) is 4.87. The Bertz CT molecular complexity index is 373. The van der Waals surface area contributed by atoms with Crippen LogP contribution in [0, 0.1) is 18.2 Å². The monoisotopic (exact) mass is 257 g/mol. The Morgan fingerprint density at radius 2 is 2.29 bits per heavy atom. The van der Waals surface area contributed by atoms with Crippen LogP contribution in [0.25, 0.3) is 0 Å². The zero-order valence-corrected chi connectivity index (χ0v) is 8.97. The summed E-state index contributed by atoms with van der Waals surface area (Å²) < 4.78 is 18.5. The van der Waals surface area contributed by atoms with Gasteiger partial charge < -0.3 is 10.5 Å². The first kappa shape index (κ1) is 10.9. The van der Waals surface area contributed by atoms with Crippen LogP contribution in [0.5, 0.6) is 5.75 Å². The number of nitrogen functional groups attached to an aromatic ring is 1. The molecule has 0 atom stereocenters. The number of anilines is 1. The van der Waals surface area contributed by atoms with E-state index >= 15 is 0 Å². The van der Waals surface area contributed by atoms with Crippen molar-refractivity contribution in [3.05, 3.63) is 22.4 Å². The molecule has 0 spiro atoms. The quantitative estimate of drug-likeness (QED) is 0.513. The molecule has 74 valence electrons. The van der Waals surface area contributed by atoms with Crippen LogP contribution >= 0.6 is 15.9 Å². The molecule has 0 radical (unpaired) electrons. The van der Waals surface area contributed by atoms with E-state index in [1.54, 1.807) is 0 Å². The van der Waals surface area contributed by atoms with Crippen molar-refractivity contribution in [1.29, 1.82) is 0 Å². The topological polar surface area (TPSA) is 35.2 Å². The summed E-state index contributed by atoms with van der Waals surface area (Å²) in [6.07, 6.45) is 5.51. The molecule has 0 saturated heterocycles. The lowest BCUT2D eigenvalue weighted by atomic mass is 10.3. The maximum absolute atomic E-state index is 13.0. The fourth-order valence-electron chi connectivity index (χ4n) is 0.889. The van der Waals surface area contributed by atoms with Crippen molar-refractivity contribution >= 4 is 21.6 Å². The standard InChI is InChI=1S/C10H9BrFNO/c1-2-3-4-14-10-6-8(12)7(11)5-9(10)13/h1,5-6H,3-4,13H2. The molecule has 14 heavy (non-hydrogen) atoms. The van der Waals surface area contributed by atoms with Crippen LogP contribution in [-0.2, 0) is 0 Å². The van der Waals surface area contributed by atoms with E-state index in [0.717, 1.165) is 0 Å². The third kappa shape index (κ3) is 2.64. The fourth-order valence-corrected chi connectivity index (χ4v) is 1.25. The molecule has 0 saturated carbocycles. The molecule has 1 aromatic carbocycles. The van der Waals surface area contributed by atoms with Gasteiger partial charge in [0.25, 0.3) is 0 Å². The first-order valence-corrected chi connectivity index (χ1v) is 4.75. The maximum atomic E-state index is 13.0. The highest BCUT2D eigenvalue weighted by Gasteiger charge is 2.06. The van der Waals surface area contributed by atoms with Crippen molar-refractivity contribution in [2.75, 3.05) is 12.3 Å². The fraction of sp³-hybridized carbons (Fsp3) is 0.200. The smallest absolute Gasteiger partial charge is 0.145 e. The zero-order chi connectivity index (χ0) is 10.6. The van der Waals surface area contributed by atoms with Crippen LogP contribution < -0.4 is 10.5 Å². The summed E-state index contributed by atoms with van der Waals surface area (Å²) in [6.45, 7) is 0.335. The molecule has 0 fully saturated rings. The maximum Gasteiger partial charge on any atom is 0.145 e. The molecule has 0 aromatic heterocycles. The Labute approximate surface area is 90.4 Å². The van der Waals surface area contributed by atoms with E-state index in [0.29, 0.717) is 28.9 Å². The number of benzene rings is 1. The molecule has 0 aliphatic rings. The molecule has 0 aliphatic heterocycles. The average molecular weight is 258 g/mol. The molecule has 0 unspecified atom stereocenters. The molecule has 0 aliphatic carbocycles. The van der Waals surface area contributed by atoms with Gasteiger partial charge in [0, 0.05) is 12.5 Å². The molecule has 1 aromatic rings. The minimum atomic E-state index is -0.407. The summed E-state index contributed by atoms with van der Waals surface area (Å²) in [5, 5.41) is 0. The van der Waals surface area contributed by atoms with E-state index in [-0.39, 0.29) is 0 Å². The van der Waals surface area contributed by atoms with Gasteiger partial charge in [-0.1, -0.05) is 0 Å². The van der Waals surface area contributed by atoms with Gasteiger partial charge in [0.2, 0.25) is 0 Å². The van der Waals surface area contributed by atoms with Crippen molar-refractivity contribution in [2.24, 2.45) is 0 Å². The number of rotatable bonds is 3. The van der Waals surface area contributed by atoms with Gasteiger partial charge in [0.05, 0.1) is 16.8 Å². The summed E-state index contributed by atoms with van der Waals surface area (Å²) in [6, 6.07) is 2.69. The zero-order valence-electron chi connectivity index (χ0n) is 7.39. The summed E-state index contributed by atoms with van der Waals surface area (Å²) in [5.41, 5.74) is 5.98. The summed E-state index contributed by atoms with van der Waals surface area (Å²) in [7, 11) is 0. The van der Waals surface area contributed by atoms with E-state index < -0.39 is 5.82 Å². The van der Waals surface area contributed by atoms with Gasteiger partial charge >= 0.3 is 0 Å². The third-order valence-corrected chi connectivity index (χ3v) is 2.16. The van der Waals surface area contributed by atoms with Crippen molar-refractivity contribution in [3.8, 4) is 18.1 Å². The van der Waals surface area contributed by atoms with Crippen LogP contribution in [0.4, 0.5) is 10.1 Å². The van der Waals surface area contributed by atoms with E-state index in [4.69, 9.17) is 16.9 Å². The normalized spacial score (nSPS) is 9.50. The van der Waals surface area contributed by atoms with E-state index in [2.05, 4.69) is 21.9 Å². The number of nitrogens with two attached hydrogens (primary N) is 1. The summed E-state index contributed by atoms with van der Waals surface area (Å²) in [5.74, 6) is 2.33. The summed E-state index contributed by atoms with van der Waals surface area (Å²) in [4.78, 5) is 0. The van der Waals surface area contributed by atoms with E-state index in [9.17, 15) is 4.39 Å². The highest BCUT2D eigenvalue weighted by atomic mass is 79.9. The second-order valence-electron chi connectivity index (χ2n) is 2.61. The van der Waals surface area contributed by atoms with Gasteiger partial charge in [-0.2, -0.15) is 0 Å². The average Bonchev–Trinajstić information content (AvgIpc) is 2.14. The second-order valence-corrected chi connectivity index (χ2v) is 3.46. The van der Waals surface area contributed by atoms with Crippen LogP contribution in [0.3, 0.4) is 0 Å². The number of terminal acetylenes is 1. The Balaban J connectivity index is 2.78. The lowest BCUT2D eigenvalue weighted by molar-refractivity contribution is 0.327. The lowest BCUT2D eigenvalue weighted by Crippen LogP contribution is -2.00. The highest BCUT2D eigenvalue weighted by molar-refractivity contribution is 9.10. The van der Waals surface area contributed by atoms with Crippen molar-refractivity contribution in [1.82, 2.24) is 0 Å². The number of hydrogen-bond donors (Lipinski definition) is 1. The first-order valence-electron chi connectivity index (χ1n) is 3.96. The Morgan fingerprint density at radius 1 is 1.57 bits per heavy atom. The minimum Gasteiger partial charge on any atom is -0.490 e. The number of hydrogen-bond acceptors (Lipinski definition) is 2. The van der Waals surface area contributed by atoms with Gasteiger partial charge in [0.15, 0.2) is 0 Å². The van der Waals surface area contributed by atoms with Crippen LogP contribution in [0.2, 0.25) is 0 Å². The Morgan fingerprint density at radius 3 is 2.93 bits per heavy atom. The number of ether oxygens (including phenoxy) is 1. The van der Waals surface area contributed by atoms with E-state index in [1.165, 1.54) is 12.1 Å². The van der Waals surface area contributed by atoms with Gasteiger partial charge in [-0.25, -0.2) is 4.39 Å². The van der Waals surface area contributed by atoms with Gasteiger partial charge in [-0.05, 0) is 22.0 Å². The molecular formula is C10H9BrFNO. The van der Waals surface area contributed by atoms with Gasteiger partial charge in [0.1, 0.15) is 11.6 Å². The molecule has 4 heteroatoms. The predicted molar refractivity (Wildman–Crippen MR) is 57.5 cm³/mol. The SMILES string of the molecule is C#CCCOc1cc(F)c(Br)cc1N. The molecule has 0 amide bonds. The van der Waals surface area contributed by atoms with Crippen LogP contribution in [0.15, 0.2) is 16.6 Å². The van der Waals surface area contributed by atoms with E-state index in [1.807, 2.05) is 0 Å². The largest absolute Gasteiger partial charge is 0.490 e. The minimum absolute atomic E-state index is 0.319. The molecule has 0 heterocycles.